The normalized spacial score (nSPS) is 12.2. The number of benzene rings is 3. The number of fused-ring (bicyclic) bond motifs is 2. The summed E-state index contributed by atoms with van der Waals surface area (Å²) in [6.07, 6.45) is 1.34. The topological polar surface area (TPSA) is 96.4 Å². The van der Waals surface area contributed by atoms with Crippen LogP contribution in [-0.4, -0.2) is 14.8 Å². The van der Waals surface area contributed by atoms with Gasteiger partial charge in [-0.3, -0.25) is 4.57 Å². The summed E-state index contributed by atoms with van der Waals surface area (Å²) in [5.41, 5.74) is 10.1. The van der Waals surface area contributed by atoms with E-state index in [2.05, 4.69) is 17.1 Å². The smallest absolute Gasteiger partial charge is 0.349 e. The molecule has 134 valence electrons. The predicted octanol–water partition coefficient (Wildman–Crippen LogP) is 4.79. The molecule has 1 aromatic heterocycles. The second-order valence-corrected chi connectivity index (χ2v) is 7.81. The highest BCUT2D eigenvalue weighted by Gasteiger charge is 2.08. The number of nitrogens with two attached hydrogens (primary N) is 1. The molecule has 6 heteroatoms. The lowest BCUT2D eigenvalue weighted by Crippen LogP contribution is -1.87. The second kappa shape index (κ2) is 6.63. The van der Waals surface area contributed by atoms with Crippen molar-refractivity contribution in [3.8, 4) is 11.1 Å². The number of pyridine rings is 1. The van der Waals surface area contributed by atoms with Gasteiger partial charge in [-0.05, 0) is 58.3 Å². The number of nitrogen functional groups attached to an aromatic ring is 1. The first-order valence-electron chi connectivity index (χ1n) is 8.33. The van der Waals surface area contributed by atoms with Crippen LogP contribution in [0.2, 0.25) is 0 Å². The SMILES string of the molecule is Nc1ccc2c(-c3ccc4nc(/C=C/P(=O)(O)O)ccc4c3)cccc2c1. The van der Waals surface area contributed by atoms with E-state index in [1.54, 1.807) is 6.07 Å². The monoisotopic (exact) mass is 376 g/mol. The van der Waals surface area contributed by atoms with Gasteiger partial charge in [0.05, 0.1) is 11.2 Å². The van der Waals surface area contributed by atoms with Gasteiger partial charge in [-0.25, -0.2) is 4.98 Å². The lowest BCUT2D eigenvalue weighted by molar-refractivity contribution is 0.386. The van der Waals surface area contributed by atoms with Crippen molar-refractivity contribution in [3.63, 3.8) is 0 Å². The molecule has 0 saturated carbocycles. The molecule has 3 aromatic carbocycles. The van der Waals surface area contributed by atoms with Crippen LogP contribution in [0.3, 0.4) is 0 Å². The molecule has 0 fully saturated rings. The number of hydrogen-bond donors (Lipinski definition) is 3. The van der Waals surface area contributed by atoms with Crippen molar-refractivity contribution in [2.24, 2.45) is 0 Å². The molecule has 1 heterocycles. The van der Waals surface area contributed by atoms with E-state index in [4.69, 9.17) is 15.5 Å². The molecule has 0 spiro atoms. The zero-order chi connectivity index (χ0) is 19.0. The van der Waals surface area contributed by atoms with Crippen LogP contribution in [0.1, 0.15) is 5.69 Å². The molecule has 4 rings (SSSR count). The van der Waals surface area contributed by atoms with Gasteiger partial charge in [-0.15, -0.1) is 0 Å². The summed E-state index contributed by atoms with van der Waals surface area (Å²) in [7, 11) is -4.20. The summed E-state index contributed by atoms with van der Waals surface area (Å²) in [5.74, 6) is 0.858. The first-order valence-corrected chi connectivity index (χ1v) is 10.0. The first-order chi connectivity index (χ1) is 12.9. The van der Waals surface area contributed by atoms with E-state index < -0.39 is 7.60 Å². The van der Waals surface area contributed by atoms with Crippen LogP contribution < -0.4 is 5.73 Å². The molecular weight excluding hydrogens is 359 g/mol. The Labute approximate surface area is 156 Å². The Morgan fingerprint density at radius 3 is 2.59 bits per heavy atom. The number of nitrogens with zero attached hydrogens (tertiary/aromatic N) is 1. The lowest BCUT2D eigenvalue weighted by Gasteiger charge is -2.09. The third-order valence-corrected chi connectivity index (χ3v) is 4.90. The summed E-state index contributed by atoms with van der Waals surface area (Å²) in [4.78, 5) is 22.3. The minimum Gasteiger partial charge on any atom is -0.399 e. The summed E-state index contributed by atoms with van der Waals surface area (Å²) >= 11 is 0. The van der Waals surface area contributed by atoms with Gasteiger partial charge in [0, 0.05) is 16.9 Å². The average Bonchev–Trinajstić information content (AvgIpc) is 2.64. The average molecular weight is 376 g/mol. The van der Waals surface area contributed by atoms with Gasteiger partial charge >= 0.3 is 7.60 Å². The van der Waals surface area contributed by atoms with Crippen molar-refractivity contribution < 1.29 is 14.4 Å². The van der Waals surface area contributed by atoms with Crippen molar-refractivity contribution in [3.05, 3.63) is 78.2 Å². The highest BCUT2D eigenvalue weighted by Crippen LogP contribution is 2.37. The van der Waals surface area contributed by atoms with E-state index in [1.807, 2.05) is 48.5 Å². The Balaban J connectivity index is 1.79. The molecule has 0 amide bonds. The first kappa shape index (κ1) is 17.4. The maximum absolute atomic E-state index is 11.0. The van der Waals surface area contributed by atoms with Crippen LogP contribution in [0.15, 0.2) is 72.5 Å². The maximum atomic E-state index is 11.0. The quantitative estimate of drug-likeness (QED) is 0.353. The highest BCUT2D eigenvalue weighted by atomic mass is 31.2. The molecule has 0 bridgehead atoms. The Bertz CT molecular complexity index is 1240. The molecule has 0 aliphatic carbocycles. The van der Waals surface area contributed by atoms with Gasteiger partial charge in [-0.2, -0.15) is 0 Å². The molecule has 0 atom stereocenters. The van der Waals surface area contributed by atoms with Crippen molar-refractivity contribution in [1.82, 2.24) is 4.98 Å². The largest absolute Gasteiger partial charge is 0.399 e. The number of anilines is 1. The molecule has 0 saturated heterocycles. The van der Waals surface area contributed by atoms with Gasteiger partial charge in [0.25, 0.3) is 0 Å². The van der Waals surface area contributed by atoms with E-state index in [1.165, 1.54) is 6.08 Å². The van der Waals surface area contributed by atoms with Gasteiger partial charge < -0.3 is 15.5 Å². The van der Waals surface area contributed by atoms with Crippen LogP contribution in [0.5, 0.6) is 0 Å². The lowest BCUT2D eigenvalue weighted by atomic mass is 9.97. The zero-order valence-electron chi connectivity index (χ0n) is 14.3. The molecule has 0 unspecified atom stereocenters. The maximum Gasteiger partial charge on any atom is 0.349 e. The number of rotatable bonds is 3. The standard InChI is InChI=1S/C21H17N2O3P/c22-17-6-8-20-14(13-17)2-1-3-19(20)15-5-9-21-16(12-15)4-7-18(23-21)10-11-27(24,25)26/h1-13H,22H2,(H2,24,25,26)/b11-10+. The van der Waals surface area contributed by atoms with E-state index in [0.29, 0.717) is 5.69 Å². The summed E-state index contributed by atoms with van der Waals surface area (Å²) in [5, 5.41) is 3.16. The van der Waals surface area contributed by atoms with Crippen molar-refractivity contribution in [2.75, 3.05) is 5.73 Å². The number of hydrogen-bond acceptors (Lipinski definition) is 3. The van der Waals surface area contributed by atoms with Crippen LogP contribution >= 0.6 is 7.60 Å². The molecule has 0 radical (unpaired) electrons. The van der Waals surface area contributed by atoms with Gasteiger partial charge in [0.2, 0.25) is 0 Å². The van der Waals surface area contributed by atoms with E-state index in [9.17, 15) is 4.57 Å². The zero-order valence-corrected chi connectivity index (χ0v) is 15.2. The van der Waals surface area contributed by atoms with Crippen LogP contribution in [0, 0.1) is 0 Å². The molecule has 0 aliphatic rings. The molecular formula is C21H17N2O3P. The van der Waals surface area contributed by atoms with E-state index in [0.717, 1.165) is 44.3 Å². The highest BCUT2D eigenvalue weighted by molar-refractivity contribution is 7.55. The molecule has 5 nitrogen and oxygen atoms in total. The van der Waals surface area contributed by atoms with E-state index in [-0.39, 0.29) is 0 Å². The molecule has 0 aliphatic heterocycles. The van der Waals surface area contributed by atoms with Crippen molar-refractivity contribution >= 4 is 41.0 Å². The van der Waals surface area contributed by atoms with Crippen LogP contribution in [0.4, 0.5) is 5.69 Å². The summed E-state index contributed by atoms with van der Waals surface area (Å²) in [6.45, 7) is 0. The van der Waals surface area contributed by atoms with Gasteiger partial charge in [0.1, 0.15) is 0 Å². The molecule has 4 N–H and O–H groups in total. The molecule has 27 heavy (non-hydrogen) atoms. The Hall–Kier alpha value is -2.98. The molecule has 4 aromatic rings. The fraction of sp³-hybridized carbons (Fsp3) is 0. The predicted molar refractivity (Wildman–Crippen MR) is 110 cm³/mol. The summed E-state index contributed by atoms with van der Waals surface area (Å²) < 4.78 is 11.0. The van der Waals surface area contributed by atoms with Gasteiger partial charge in [-0.1, -0.05) is 36.4 Å². The third kappa shape index (κ3) is 3.76. The van der Waals surface area contributed by atoms with Gasteiger partial charge in [0.15, 0.2) is 0 Å². The van der Waals surface area contributed by atoms with Crippen molar-refractivity contribution in [2.45, 2.75) is 0 Å². The fourth-order valence-electron chi connectivity index (χ4n) is 3.13. The summed E-state index contributed by atoms with van der Waals surface area (Å²) in [6, 6.07) is 21.6. The fourth-order valence-corrected chi connectivity index (χ4v) is 3.48. The Kier molecular flexibility index (Phi) is 4.28. The second-order valence-electron chi connectivity index (χ2n) is 6.33. The van der Waals surface area contributed by atoms with Crippen LogP contribution in [-0.2, 0) is 4.57 Å². The minimum absolute atomic E-state index is 0.499. The Morgan fingerprint density at radius 2 is 1.78 bits per heavy atom. The number of aromatic nitrogens is 1. The van der Waals surface area contributed by atoms with Crippen molar-refractivity contribution in [1.29, 1.82) is 0 Å². The Morgan fingerprint density at radius 1 is 0.926 bits per heavy atom. The third-order valence-electron chi connectivity index (χ3n) is 4.37. The van der Waals surface area contributed by atoms with E-state index >= 15 is 0 Å². The van der Waals surface area contributed by atoms with Crippen LogP contribution in [0.25, 0.3) is 38.9 Å². The minimum atomic E-state index is -4.20.